The quantitative estimate of drug-likeness (QED) is 0.817. The van der Waals surface area contributed by atoms with Crippen LogP contribution < -0.4 is 5.32 Å². The van der Waals surface area contributed by atoms with E-state index in [1.165, 1.54) is 12.8 Å². The number of piperidine rings is 1. The monoisotopic (exact) mass is 298 g/mol. The number of carbonyl (C=O) groups excluding carboxylic acids is 1. The fourth-order valence-corrected chi connectivity index (χ4v) is 3.00. The SMILES string of the molecule is CC(C)(C)OC(=O)N1CCCC[C@@H]1[C@H](CCO)NC1CC1. The molecule has 2 N–H and O–H groups in total. The van der Waals surface area contributed by atoms with Crippen LogP contribution in [-0.2, 0) is 4.74 Å². The van der Waals surface area contributed by atoms with Crippen LogP contribution in [0.15, 0.2) is 0 Å². The lowest BCUT2D eigenvalue weighted by Gasteiger charge is -2.41. The molecule has 1 amide bonds. The van der Waals surface area contributed by atoms with Gasteiger partial charge in [-0.05, 0) is 59.3 Å². The number of rotatable bonds is 5. The minimum Gasteiger partial charge on any atom is -0.444 e. The number of carbonyl (C=O) groups is 1. The smallest absolute Gasteiger partial charge is 0.410 e. The summed E-state index contributed by atoms with van der Waals surface area (Å²) in [4.78, 5) is 14.3. The molecule has 0 bridgehead atoms. The predicted molar refractivity (Wildman–Crippen MR) is 82.2 cm³/mol. The van der Waals surface area contributed by atoms with E-state index in [9.17, 15) is 9.90 Å². The van der Waals surface area contributed by atoms with E-state index in [1.807, 2.05) is 25.7 Å². The van der Waals surface area contributed by atoms with E-state index in [0.29, 0.717) is 12.5 Å². The molecule has 0 aromatic heterocycles. The molecule has 0 spiro atoms. The van der Waals surface area contributed by atoms with Crippen molar-refractivity contribution in [3.63, 3.8) is 0 Å². The first kappa shape index (κ1) is 16.6. The van der Waals surface area contributed by atoms with Gasteiger partial charge in [0.2, 0.25) is 0 Å². The molecule has 2 rings (SSSR count). The van der Waals surface area contributed by atoms with Crippen molar-refractivity contribution in [3.05, 3.63) is 0 Å². The standard InChI is InChI=1S/C16H30N2O3/c1-16(2,3)21-15(20)18-10-5-4-6-14(18)13(9-11-19)17-12-7-8-12/h12-14,17,19H,4-11H2,1-3H3/t13-,14+/m0/s1. The first-order chi connectivity index (χ1) is 9.90. The third kappa shape index (κ3) is 5.15. The Balaban J connectivity index is 2.03. The molecule has 0 aromatic carbocycles. The van der Waals surface area contributed by atoms with Crippen molar-refractivity contribution in [2.45, 2.75) is 83.0 Å². The molecule has 1 saturated carbocycles. The number of aliphatic hydroxyl groups excluding tert-OH is 1. The summed E-state index contributed by atoms with van der Waals surface area (Å²) in [6.07, 6.45) is 6.06. The van der Waals surface area contributed by atoms with Gasteiger partial charge in [-0.15, -0.1) is 0 Å². The number of aliphatic hydroxyl groups is 1. The van der Waals surface area contributed by atoms with Gasteiger partial charge < -0.3 is 20.1 Å². The van der Waals surface area contributed by atoms with Crippen molar-refractivity contribution in [1.82, 2.24) is 10.2 Å². The molecule has 1 aliphatic heterocycles. The Morgan fingerprint density at radius 2 is 2.05 bits per heavy atom. The maximum atomic E-state index is 12.4. The highest BCUT2D eigenvalue weighted by Gasteiger charge is 2.37. The summed E-state index contributed by atoms with van der Waals surface area (Å²) in [5.74, 6) is 0. The molecule has 1 heterocycles. The predicted octanol–water partition coefficient (Wildman–Crippen LogP) is 2.28. The van der Waals surface area contributed by atoms with E-state index in [4.69, 9.17) is 4.74 Å². The molecule has 2 aliphatic rings. The normalized spacial score (nSPS) is 24.8. The summed E-state index contributed by atoms with van der Waals surface area (Å²) in [6.45, 7) is 6.61. The van der Waals surface area contributed by atoms with Crippen LogP contribution in [0.2, 0.25) is 0 Å². The Kier molecular flexibility index (Phi) is 5.49. The molecular weight excluding hydrogens is 268 g/mol. The lowest BCUT2D eigenvalue weighted by atomic mass is 9.94. The Morgan fingerprint density at radius 1 is 1.33 bits per heavy atom. The average Bonchev–Trinajstić information content (AvgIpc) is 3.20. The van der Waals surface area contributed by atoms with Gasteiger partial charge in [-0.3, -0.25) is 0 Å². The number of nitrogens with one attached hydrogen (secondary N) is 1. The van der Waals surface area contributed by atoms with Crippen LogP contribution in [0.4, 0.5) is 4.79 Å². The van der Waals surface area contributed by atoms with Gasteiger partial charge in [0.25, 0.3) is 0 Å². The number of amides is 1. The summed E-state index contributed by atoms with van der Waals surface area (Å²) in [6, 6.07) is 0.889. The Bertz CT molecular complexity index is 350. The third-order valence-corrected chi connectivity index (χ3v) is 4.11. The Labute approximate surface area is 128 Å². The van der Waals surface area contributed by atoms with Crippen LogP contribution in [-0.4, -0.2) is 53.0 Å². The van der Waals surface area contributed by atoms with Crippen molar-refractivity contribution in [2.75, 3.05) is 13.2 Å². The van der Waals surface area contributed by atoms with E-state index in [2.05, 4.69) is 5.32 Å². The van der Waals surface area contributed by atoms with Gasteiger partial charge in [0, 0.05) is 25.2 Å². The molecule has 0 unspecified atom stereocenters. The minimum atomic E-state index is -0.463. The van der Waals surface area contributed by atoms with Crippen LogP contribution in [0.25, 0.3) is 0 Å². The molecule has 2 fully saturated rings. The van der Waals surface area contributed by atoms with Gasteiger partial charge in [0.15, 0.2) is 0 Å². The van der Waals surface area contributed by atoms with Gasteiger partial charge in [0.1, 0.15) is 5.60 Å². The van der Waals surface area contributed by atoms with Crippen LogP contribution in [0.3, 0.4) is 0 Å². The fourth-order valence-electron chi connectivity index (χ4n) is 3.00. The summed E-state index contributed by atoms with van der Waals surface area (Å²) in [5.41, 5.74) is -0.463. The molecule has 0 aromatic rings. The first-order valence-corrected chi connectivity index (χ1v) is 8.27. The van der Waals surface area contributed by atoms with Crippen molar-refractivity contribution >= 4 is 6.09 Å². The Hall–Kier alpha value is -0.810. The van der Waals surface area contributed by atoms with E-state index < -0.39 is 5.60 Å². The molecular formula is C16H30N2O3. The average molecular weight is 298 g/mol. The zero-order valence-electron chi connectivity index (χ0n) is 13.6. The summed E-state index contributed by atoms with van der Waals surface area (Å²) in [7, 11) is 0. The topological polar surface area (TPSA) is 61.8 Å². The largest absolute Gasteiger partial charge is 0.444 e. The summed E-state index contributed by atoms with van der Waals surface area (Å²) in [5, 5.41) is 12.9. The van der Waals surface area contributed by atoms with Crippen LogP contribution in [0.1, 0.15) is 59.3 Å². The zero-order valence-corrected chi connectivity index (χ0v) is 13.6. The van der Waals surface area contributed by atoms with Gasteiger partial charge in [0.05, 0.1) is 6.04 Å². The van der Waals surface area contributed by atoms with Gasteiger partial charge in [-0.1, -0.05) is 0 Å². The number of ether oxygens (including phenoxy) is 1. The number of hydrogen-bond acceptors (Lipinski definition) is 4. The van der Waals surface area contributed by atoms with E-state index in [0.717, 1.165) is 25.8 Å². The van der Waals surface area contributed by atoms with Crippen LogP contribution in [0.5, 0.6) is 0 Å². The van der Waals surface area contributed by atoms with E-state index in [-0.39, 0.29) is 24.8 Å². The maximum Gasteiger partial charge on any atom is 0.410 e. The van der Waals surface area contributed by atoms with Gasteiger partial charge in [-0.25, -0.2) is 4.79 Å². The molecule has 1 saturated heterocycles. The van der Waals surface area contributed by atoms with Crippen LogP contribution >= 0.6 is 0 Å². The molecule has 122 valence electrons. The highest BCUT2D eigenvalue weighted by Crippen LogP contribution is 2.27. The van der Waals surface area contributed by atoms with Gasteiger partial charge in [-0.2, -0.15) is 0 Å². The summed E-state index contributed by atoms with van der Waals surface area (Å²) >= 11 is 0. The number of nitrogens with zero attached hydrogens (tertiary/aromatic N) is 1. The lowest BCUT2D eigenvalue weighted by molar-refractivity contribution is 0.00320. The second-order valence-corrected chi connectivity index (χ2v) is 7.30. The fraction of sp³-hybridized carbons (Fsp3) is 0.938. The second kappa shape index (κ2) is 6.97. The highest BCUT2D eigenvalue weighted by atomic mass is 16.6. The molecule has 0 radical (unpaired) electrons. The lowest BCUT2D eigenvalue weighted by Crippen LogP contribution is -2.56. The van der Waals surface area contributed by atoms with Crippen molar-refractivity contribution in [1.29, 1.82) is 0 Å². The first-order valence-electron chi connectivity index (χ1n) is 8.27. The molecule has 2 atom stereocenters. The molecule has 5 heteroatoms. The molecule has 21 heavy (non-hydrogen) atoms. The van der Waals surface area contributed by atoms with E-state index >= 15 is 0 Å². The number of hydrogen-bond donors (Lipinski definition) is 2. The second-order valence-electron chi connectivity index (χ2n) is 7.30. The van der Waals surface area contributed by atoms with Gasteiger partial charge >= 0.3 is 6.09 Å². The molecule has 5 nitrogen and oxygen atoms in total. The highest BCUT2D eigenvalue weighted by molar-refractivity contribution is 5.68. The number of likely N-dealkylation sites (tertiary alicyclic amines) is 1. The third-order valence-electron chi connectivity index (χ3n) is 4.11. The summed E-state index contributed by atoms with van der Waals surface area (Å²) < 4.78 is 5.55. The maximum absolute atomic E-state index is 12.4. The molecule has 1 aliphatic carbocycles. The van der Waals surface area contributed by atoms with Crippen molar-refractivity contribution in [2.24, 2.45) is 0 Å². The zero-order chi connectivity index (χ0) is 15.5. The van der Waals surface area contributed by atoms with Crippen molar-refractivity contribution < 1.29 is 14.6 Å². The Morgan fingerprint density at radius 3 is 2.62 bits per heavy atom. The van der Waals surface area contributed by atoms with Crippen LogP contribution in [0, 0.1) is 0 Å². The minimum absolute atomic E-state index is 0.140. The van der Waals surface area contributed by atoms with Crippen molar-refractivity contribution in [3.8, 4) is 0 Å². The van der Waals surface area contributed by atoms with E-state index in [1.54, 1.807) is 0 Å².